The molecule has 6 nitrogen and oxygen atoms in total. The Morgan fingerprint density at radius 1 is 1.50 bits per heavy atom. The minimum atomic E-state index is -0.505. The largest absolute Gasteiger partial charge is 0.383 e. The van der Waals surface area contributed by atoms with Gasteiger partial charge in [0, 0.05) is 30.1 Å². The smallest absolute Gasteiger partial charge is 0.270 e. The van der Waals surface area contributed by atoms with Crippen LogP contribution in [0.15, 0.2) is 18.2 Å². The second kappa shape index (κ2) is 7.96. The summed E-state index contributed by atoms with van der Waals surface area (Å²) in [6.45, 7) is 2.11. The molecule has 0 saturated carbocycles. The lowest BCUT2D eigenvalue weighted by atomic mass is 10.1. The first-order valence-electron chi connectivity index (χ1n) is 6.09. The third kappa shape index (κ3) is 4.90. The summed E-state index contributed by atoms with van der Waals surface area (Å²) < 4.78 is 5.04. The lowest BCUT2D eigenvalue weighted by molar-refractivity contribution is -0.384. The third-order valence-corrected chi connectivity index (χ3v) is 3.15. The van der Waals surface area contributed by atoms with Crippen LogP contribution in [0.5, 0.6) is 0 Å². The Bertz CT molecular complexity index is 487. The Morgan fingerprint density at radius 3 is 2.75 bits per heavy atom. The topological polar surface area (TPSA) is 81.5 Å². The molecular formula is C13H17BrN2O4. The van der Waals surface area contributed by atoms with Crippen molar-refractivity contribution in [1.29, 1.82) is 0 Å². The van der Waals surface area contributed by atoms with Crippen LogP contribution in [0.3, 0.4) is 0 Å². The first-order chi connectivity index (χ1) is 9.47. The summed E-state index contributed by atoms with van der Waals surface area (Å²) in [7, 11) is 1.56. The number of amides is 1. The highest BCUT2D eigenvalue weighted by molar-refractivity contribution is 9.09. The Morgan fingerprint density at radius 2 is 2.20 bits per heavy atom. The molecule has 1 aromatic rings. The van der Waals surface area contributed by atoms with E-state index in [1.165, 1.54) is 12.1 Å². The van der Waals surface area contributed by atoms with Gasteiger partial charge in [-0.1, -0.05) is 15.9 Å². The van der Waals surface area contributed by atoms with E-state index in [-0.39, 0.29) is 23.2 Å². The maximum absolute atomic E-state index is 12.1. The molecule has 1 aromatic carbocycles. The minimum Gasteiger partial charge on any atom is -0.383 e. The number of rotatable bonds is 7. The molecule has 1 unspecified atom stereocenters. The summed E-state index contributed by atoms with van der Waals surface area (Å²) in [5.41, 5.74) is 0.874. The van der Waals surface area contributed by atoms with Crippen LogP contribution < -0.4 is 5.32 Å². The molecule has 0 aromatic heterocycles. The van der Waals surface area contributed by atoms with Crippen LogP contribution in [0.2, 0.25) is 0 Å². The monoisotopic (exact) mass is 344 g/mol. The first kappa shape index (κ1) is 16.6. The molecule has 0 saturated heterocycles. The average Bonchev–Trinajstić information content (AvgIpc) is 2.38. The van der Waals surface area contributed by atoms with E-state index in [0.717, 1.165) is 5.33 Å². The number of hydrogen-bond donors (Lipinski definition) is 1. The summed E-state index contributed by atoms with van der Waals surface area (Å²) in [6, 6.07) is 4.20. The van der Waals surface area contributed by atoms with Crippen LogP contribution in [-0.4, -0.2) is 35.9 Å². The summed E-state index contributed by atoms with van der Waals surface area (Å²) in [5, 5.41) is 14.3. The fourth-order valence-electron chi connectivity index (χ4n) is 1.80. The van der Waals surface area contributed by atoms with Gasteiger partial charge in [-0.25, -0.2) is 0 Å². The van der Waals surface area contributed by atoms with Crippen molar-refractivity contribution >= 4 is 27.5 Å². The highest BCUT2D eigenvalue weighted by atomic mass is 79.9. The van der Waals surface area contributed by atoms with Gasteiger partial charge in [0.15, 0.2) is 0 Å². The van der Waals surface area contributed by atoms with Gasteiger partial charge in [-0.2, -0.15) is 0 Å². The number of aryl methyl sites for hydroxylation is 1. The Kier molecular flexibility index (Phi) is 6.60. The van der Waals surface area contributed by atoms with Gasteiger partial charge in [0.2, 0.25) is 0 Å². The van der Waals surface area contributed by atoms with Crippen LogP contribution in [0.1, 0.15) is 22.3 Å². The van der Waals surface area contributed by atoms with E-state index in [0.29, 0.717) is 18.6 Å². The number of halogens is 1. The van der Waals surface area contributed by atoms with Gasteiger partial charge < -0.3 is 10.1 Å². The molecule has 0 fully saturated rings. The maximum atomic E-state index is 12.1. The summed E-state index contributed by atoms with van der Waals surface area (Å²) in [5.74, 6) is -0.334. The van der Waals surface area contributed by atoms with E-state index in [2.05, 4.69) is 21.2 Å². The molecule has 0 bridgehead atoms. The predicted octanol–water partition coefficient (Wildman–Crippen LogP) is 2.43. The van der Waals surface area contributed by atoms with Crippen molar-refractivity contribution in [3.63, 3.8) is 0 Å². The Balaban J connectivity index is 2.88. The summed E-state index contributed by atoms with van der Waals surface area (Å²) in [4.78, 5) is 22.4. The molecule has 0 aliphatic rings. The van der Waals surface area contributed by atoms with Crippen LogP contribution in [-0.2, 0) is 4.74 Å². The SMILES string of the molecule is COCC(CCBr)NC(=O)c1cc(C)cc([N+](=O)[O-])c1. The van der Waals surface area contributed by atoms with Crippen molar-refractivity contribution in [2.75, 3.05) is 19.0 Å². The lowest BCUT2D eigenvalue weighted by Gasteiger charge is -2.16. The second-order valence-corrected chi connectivity index (χ2v) is 5.21. The number of hydrogen-bond acceptors (Lipinski definition) is 4. The highest BCUT2D eigenvalue weighted by Gasteiger charge is 2.16. The van der Waals surface area contributed by atoms with Crippen LogP contribution in [0, 0.1) is 17.0 Å². The van der Waals surface area contributed by atoms with Gasteiger partial charge >= 0.3 is 0 Å². The van der Waals surface area contributed by atoms with Gasteiger partial charge in [0.1, 0.15) is 0 Å². The lowest BCUT2D eigenvalue weighted by Crippen LogP contribution is -2.38. The fourth-order valence-corrected chi connectivity index (χ4v) is 2.35. The molecule has 1 atom stereocenters. The molecule has 20 heavy (non-hydrogen) atoms. The summed E-state index contributed by atoms with van der Waals surface area (Å²) in [6.07, 6.45) is 0.716. The van der Waals surface area contributed by atoms with E-state index in [1.54, 1.807) is 20.1 Å². The van der Waals surface area contributed by atoms with E-state index in [9.17, 15) is 14.9 Å². The van der Waals surface area contributed by atoms with Gasteiger partial charge in [-0.05, 0) is 25.0 Å². The zero-order valence-electron chi connectivity index (χ0n) is 11.4. The van der Waals surface area contributed by atoms with E-state index in [1.807, 2.05) is 0 Å². The second-order valence-electron chi connectivity index (χ2n) is 4.42. The number of carbonyl (C=O) groups excluding carboxylic acids is 1. The van der Waals surface area contributed by atoms with Crippen molar-refractivity contribution < 1.29 is 14.5 Å². The number of non-ortho nitro benzene ring substituents is 1. The van der Waals surface area contributed by atoms with E-state index < -0.39 is 4.92 Å². The third-order valence-electron chi connectivity index (χ3n) is 2.70. The predicted molar refractivity (Wildman–Crippen MR) is 79.4 cm³/mol. The van der Waals surface area contributed by atoms with Crippen LogP contribution in [0.4, 0.5) is 5.69 Å². The van der Waals surface area contributed by atoms with Crippen molar-refractivity contribution in [3.8, 4) is 0 Å². The average molecular weight is 345 g/mol. The molecule has 0 aliphatic carbocycles. The van der Waals surface area contributed by atoms with Crippen molar-refractivity contribution in [1.82, 2.24) is 5.32 Å². The van der Waals surface area contributed by atoms with Gasteiger partial charge in [0.05, 0.1) is 17.6 Å². The molecule has 0 heterocycles. The standard InChI is InChI=1S/C13H17BrN2O4/c1-9-5-10(7-12(6-9)16(18)19)13(17)15-11(3-4-14)8-20-2/h5-7,11H,3-4,8H2,1-2H3,(H,15,17). The number of nitro groups is 1. The van der Waals surface area contributed by atoms with Gasteiger partial charge in [-0.15, -0.1) is 0 Å². The summed E-state index contributed by atoms with van der Waals surface area (Å²) >= 11 is 3.31. The molecule has 1 N–H and O–H groups in total. The Labute approximate surface area is 125 Å². The molecule has 1 amide bonds. The zero-order valence-corrected chi connectivity index (χ0v) is 13.0. The van der Waals surface area contributed by atoms with Crippen molar-refractivity contribution in [3.05, 3.63) is 39.4 Å². The number of benzene rings is 1. The zero-order chi connectivity index (χ0) is 15.1. The number of nitrogens with one attached hydrogen (secondary N) is 1. The Hall–Kier alpha value is -1.47. The molecule has 0 radical (unpaired) electrons. The van der Waals surface area contributed by atoms with Crippen LogP contribution in [0.25, 0.3) is 0 Å². The first-order valence-corrected chi connectivity index (χ1v) is 7.22. The molecule has 1 rings (SSSR count). The quantitative estimate of drug-likeness (QED) is 0.468. The number of nitrogens with zero attached hydrogens (tertiary/aromatic N) is 1. The molecule has 7 heteroatoms. The number of carbonyl (C=O) groups is 1. The van der Waals surface area contributed by atoms with E-state index >= 15 is 0 Å². The van der Waals surface area contributed by atoms with Gasteiger partial charge in [0.25, 0.3) is 11.6 Å². The maximum Gasteiger partial charge on any atom is 0.270 e. The number of nitro benzene ring substituents is 1. The normalized spacial score (nSPS) is 11.9. The van der Waals surface area contributed by atoms with Crippen LogP contribution >= 0.6 is 15.9 Å². The van der Waals surface area contributed by atoms with Crippen molar-refractivity contribution in [2.45, 2.75) is 19.4 Å². The molecule has 0 aliphatic heterocycles. The number of methoxy groups -OCH3 is 1. The minimum absolute atomic E-state index is 0.0843. The number of alkyl halides is 1. The number of ether oxygens (including phenoxy) is 1. The van der Waals surface area contributed by atoms with Crippen molar-refractivity contribution in [2.24, 2.45) is 0 Å². The molecule has 110 valence electrons. The highest BCUT2D eigenvalue weighted by Crippen LogP contribution is 2.17. The van der Waals surface area contributed by atoms with Gasteiger partial charge in [-0.3, -0.25) is 14.9 Å². The molecular weight excluding hydrogens is 328 g/mol. The van der Waals surface area contributed by atoms with E-state index in [4.69, 9.17) is 4.74 Å². The molecule has 0 spiro atoms. The fraction of sp³-hybridized carbons (Fsp3) is 0.462.